The number of aromatic nitrogens is 2. The first-order valence-electron chi connectivity index (χ1n) is 6.82. The Balaban J connectivity index is 2.26. The van der Waals surface area contributed by atoms with Gasteiger partial charge in [0.05, 0.1) is 15.9 Å². The summed E-state index contributed by atoms with van der Waals surface area (Å²) in [4.78, 5) is 0. The highest BCUT2D eigenvalue weighted by atomic mass is 79.9. The molecule has 1 heterocycles. The molecular weight excluding hydrogens is 403 g/mol. The number of para-hydroxylation sites is 1. The lowest BCUT2D eigenvalue weighted by Crippen LogP contribution is -2.08. The molecule has 21 heavy (non-hydrogen) atoms. The minimum Gasteiger partial charge on any atom is -0.484 e. The second kappa shape index (κ2) is 7.40. The van der Waals surface area contributed by atoms with Crippen LogP contribution in [0, 0.1) is 5.82 Å². The Hall–Kier alpha value is -0.880. The monoisotopic (exact) mass is 418 g/mol. The maximum Gasteiger partial charge on any atom is 0.165 e. The fourth-order valence-corrected chi connectivity index (χ4v) is 3.24. The highest BCUT2D eigenvalue weighted by Crippen LogP contribution is 2.28. The van der Waals surface area contributed by atoms with Gasteiger partial charge in [-0.15, -0.1) is 0 Å². The molecular formula is C15H17Br2FN2O. The van der Waals surface area contributed by atoms with E-state index in [0.717, 1.165) is 34.4 Å². The molecule has 0 atom stereocenters. The van der Waals surface area contributed by atoms with E-state index in [-0.39, 0.29) is 12.4 Å². The second-order valence-corrected chi connectivity index (χ2v) is 5.88. The third kappa shape index (κ3) is 3.48. The summed E-state index contributed by atoms with van der Waals surface area (Å²) in [5, 5.41) is 5.06. The number of hydrogen-bond acceptors (Lipinski definition) is 2. The predicted octanol–water partition coefficient (Wildman–Crippen LogP) is 4.84. The van der Waals surface area contributed by atoms with Crippen LogP contribution in [0.25, 0.3) is 0 Å². The SMILES string of the molecule is CCc1nn(CC)c(COc2c(F)cccc2CBr)c1Br. The van der Waals surface area contributed by atoms with Crippen LogP contribution in [0.2, 0.25) is 0 Å². The highest BCUT2D eigenvalue weighted by Gasteiger charge is 2.16. The molecule has 1 aromatic heterocycles. The van der Waals surface area contributed by atoms with Gasteiger partial charge in [0.25, 0.3) is 0 Å². The Morgan fingerprint density at radius 3 is 2.71 bits per heavy atom. The van der Waals surface area contributed by atoms with Crippen molar-refractivity contribution in [3.05, 3.63) is 45.4 Å². The van der Waals surface area contributed by atoms with Crippen molar-refractivity contribution in [2.45, 2.75) is 38.8 Å². The largest absolute Gasteiger partial charge is 0.484 e. The fourth-order valence-electron chi connectivity index (χ4n) is 2.12. The molecule has 0 aliphatic heterocycles. The van der Waals surface area contributed by atoms with Crippen molar-refractivity contribution in [3.63, 3.8) is 0 Å². The normalized spacial score (nSPS) is 10.9. The lowest BCUT2D eigenvalue weighted by Gasteiger charge is -2.12. The maximum atomic E-state index is 13.9. The van der Waals surface area contributed by atoms with Crippen molar-refractivity contribution in [1.82, 2.24) is 9.78 Å². The van der Waals surface area contributed by atoms with Gasteiger partial charge in [0.15, 0.2) is 11.6 Å². The molecule has 0 saturated heterocycles. The van der Waals surface area contributed by atoms with Crippen LogP contribution in [-0.4, -0.2) is 9.78 Å². The van der Waals surface area contributed by atoms with Crippen LogP contribution in [0.4, 0.5) is 4.39 Å². The van der Waals surface area contributed by atoms with E-state index in [2.05, 4.69) is 43.9 Å². The molecule has 2 rings (SSSR count). The summed E-state index contributed by atoms with van der Waals surface area (Å²) >= 11 is 6.92. The molecule has 0 bridgehead atoms. The molecule has 0 radical (unpaired) electrons. The summed E-state index contributed by atoms with van der Waals surface area (Å²) in [7, 11) is 0. The molecule has 0 fully saturated rings. The average Bonchev–Trinajstić information content (AvgIpc) is 2.81. The van der Waals surface area contributed by atoms with Gasteiger partial charge in [0.1, 0.15) is 6.61 Å². The zero-order valence-corrected chi connectivity index (χ0v) is 15.2. The van der Waals surface area contributed by atoms with E-state index in [4.69, 9.17) is 4.74 Å². The minimum absolute atomic E-state index is 0.280. The topological polar surface area (TPSA) is 27.1 Å². The van der Waals surface area contributed by atoms with Gasteiger partial charge in [-0.2, -0.15) is 5.10 Å². The summed E-state index contributed by atoms with van der Waals surface area (Å²) in [5.41, 5.74) is 2.72. The summed E-state index contributed by atoms with van der Waals surface area (Å²) in [6.07, 6.45) is 0.840. The zero-order chi connectivity index (χ0) is 15.4. The van der Waals surface area contributed by atoms with E-state index in [0.29, 0.717) is 11.1 Å². The van der Waals surface area contributed by atoms with Crippen LogP contribution in [0.3, 0.4) is 0 Å². The lowest BCUT2D eigenvalue weighted by atomic mass is 10.2. The third-order valence-electron chi connectivity index (χ3n) is 3.24. The van der Waals surface area contributed by atoms with Crippen LogP contribution in [-0.2, 0) is 24.9 Å². The van der Waals surface area contributed by atoms with Gasteiger partial charge in [-0.1, -0.05) is 35.0 Å². The molecule has 0 spiro atoms. The lowest BCUT2D eigenvalue weighted by molar-refractivity contribution is 0.275. The highest BCUT2D eigenvalue weighted by molar-refractivity contribution is 9.10. The summed E-state index contributed by atoms with van der Waals surface area (Å²) in [5.74, 6) is -0.0514. The number of ether oxygens (including phenoxy) is 1. The number of hydrogen-bond donors (Lipinski definition) is 0. The van der Waals surface area contributed by atoms with Crippen molar-refractivity contribution in [1.29, 1.82) is 0 Å². The van der Waals surface area contributed by atoms with Crippen LogP contribution >= 0.6 is 31.9 Å². The van der Waals surface area contributed by atoms with Gasteiger partial charge in [-0.05, 0) is 35.3 Å². The van der Waals surface area contributed by atoms with Crippen molar-refractivity contribution in [2.24, 2.45) is 0 Å². The Labute approximate surface area is 140 Å². The smallest absolute Gasteiger partial charge is 0.165 e. The fraction of sp³-hybridized carbons (Fsp3) is 0.400. The first-order chi connectivity index (χ1) is 10.1. The van der Waals surface area contributed by atoms with Crippen LogP contribution in [0.5, 0.6) is 5.75 Å². The van der Waals surface area contributed by atoms with Crippen molar-refractivity contribution in [3.8, 4) is 5.75 Å². The molecule has 1 aromatic carbocycles. The van der Waals surface area contributed by atoms with E-state index in [9.17, 15) is 4.39 Å². The molecule has 0 N–H and O–H groups in total. The zero-order valence-electron chi connectivity index (χ0n) is 12.0. The van der Waals surface area contributed by atoms with E-state index in [1.54, 1.807) is 6.07 Å². The number of nitrogens with zero attached hydrogens (tertiary/aromatic N) is 2. The number of rotatable bonds is 6. The molecule has 0 amide bonds. The molecule has 114 valence electrons. The minimum atomic E-state index is -0.346. The molecule has 0 aliphatic carbocycles. The van der Waals surface area contributed by atoms with E-state index >= 15 is 0 Å². The van der Waals surface area contributed by atoms with Crippen molar-refractivity contribution >= 4 is 31.9 Å². The third-order valence-corrected chi connectivity index (χ3v) is 4.76. The summed E-state index contributed by atoms with van der Waals surface area (Å²) in [6, 6.07) is 4.93. The average molecular weight is 420 g/mol. The van der Waals surface area contributed by atoms with Crippen molar-refractivity contribution in [2.75, 3.05) is 0 Å². The van der Waals surface area contributed by atoms with E-state index in [1.807, 2.05) is 17.7 Å². The van der Waals surface area contributed by atoms with Crippen molar-refractivity contribution < 1.29 is 9.13 Å². The number of benzene rings is 1. The Kier molecular flexibility index (Phi) is 5.81. The number of halogens is 3. The van der Waals surface area contributed by atoms with Gasteiger partial charge >= 0.3 is 0 Å². The van der Waals surface area contributed by atoms with Gasteiger partial charge < -0.3 is 4.74 Å². The van der Waals surface area contributed by atoms with E-state index in [1.165, 1.54) is 6.07 Å². The van der Waals surface area contributed by atoms with Crippen LogP contribution in [0.1, 0.15) is 30.8 Å². The molecule has 2 aromatic rings. The quantitative estimate of drug-likeness (QED) is 0.626. The van der Waals surface area contributed by atoms with Gasteiger partial charge in [-0.25, -0.2) is 4.39 Å². The molecule has 3 nitrogen and oxygen atoms in total. The van der Waals surface area contributed by atoms with Crippen LogP contribution < -0.4 is 4.74 Å². The Bertz CT molecular complexity index is 628. The summed E-state index contributed by atoms with van der Waals surface area (Å²) < 4.78 is 22.5. The van der Waals surface area contributed by atoms with Gasteiger partial charge in [0.2, 0.25) is 0 Å². The first kappa shape index (κ1) is 16.5. The van der Waals surface area contributed by atoms with Crippen LogP contribution in [0.15, 0.2) is 22.7 Å². The Morgan fingerprint density at radius 1 is 1.33 bits per heavy atom. The first-order valence-corrected chi connectivity index (χ1v) is 8.73. The predicted molar refractivity (Wildman–Crippen MR) is 88.3 cm³/mol. The van der Waals surface area contributed by atoms with Gasteiger partial charge in [0, 0.05) is 17.4 Å². The number of aryl methyl sites for hydroxylation is 2. The maximum absolute atomic E-state index is 13.9. The molecule has 0 unspecified atom stereocenters. The van der Waals surface area contributed by atoms with Gasteiger partial charge in [-0.3, -0.25) is 4.68 Å². The summed E-state index contributed by atoms with van der Waals surface area (Å²) in [6.45, 7) is 5.11. The van der Waals surface area contributed by atoms with E-state index < -0.39 is 0 Å². The molecule has 6 heteroatoms. The second-order valence-electron chi connectivity index (χ2n) is 4.53. The molecule has 0 saturated carbocycles. The number of alkyl halides is 1. The standard InChI is InChI=1S/C15H17Br2FN2O/c1-3-12-14(17)13(20(4-2)19-12)9-21-15-10(8-16)6-5-7-11(15)18/h5-7H,3-4,8-9H2,1-2H3. The Morgan fingerprint density at radius 2 is 2.10 bits per heavy atom. The molecule has 0 aliphatic rings.